The Hall–Kier alpha value is -0.830. The third kappa shape index (κ3) is 2.81. The molecular weight excluding hydrogens is 188 g/mol. The second-order valence-corrected chi connectivity index (χ2v) is 5.00. The molecule has 0 saturated heterocycles. The molecule has 84 valence electrons. The number of oxazole rings is 1. The van der Waals surface area contributed by atoms with Gasteiger partial charge in [-0.2, -0.15) is 0 Å². The molecule has 0 radical (unpaired) electrons. The first-order valence-corrected chi connectivity index (χ1v) is 5.82. The Balaban J connectivity index is 1.80. The molecule has 0 aromatic carbocycles. The SMILES string of the molecule is CC(C)CNCc1ncc(C2CC2C)o1. The van der Waals surface area contributed by atoms with Crippen molar-refractivity contribution in [3.8, 4) is 0 Å². The van der Waals surface area contributed by atoms with Crippen LogP contribution in [0.25, 0.3) is 0 Å². The molecule has 1 heterocycles. The van der Waals surface area contributed by atoms with Gasteiger partial charge in [0.15, 0.2) is 0 Å². The number of aromatic nitrogens is 1. The zero-order chi connectivity index (χ0) is 10.8. The number of nitrogens with one attached hydrogen (secondary N) is 1. The van der Waals surface area contributed by atoms with Gasteiger partial charge in [0.25, 0.3) is 0 Å². The summed E-state index contributed by atoms with van der Waals surface area (Å²) >= 11 is 0. The summed E-state index contributed by atoms with van der Waals surface area (Å²) in [5, 5.41) is 3.33. The molecule has 0 spiro atoms. The molecule has 0 amide bonds. The Morgan fingerprint density at radius 2 is 2.33 bits per heavy atom. The van der Waals surface area contributed by atoms with Crippen molar-refractivity contribution in [3.05, 3.63) is 17.8 Å². The normalized spacial score (nSPS) is 24.8. The molecule has 3 heteroatoms. The second kappa shape index (κ2) is 4.35. The van der Waals surface area contributed by atoms with Gasteiger partial charge >= 0.3 is 0 Å². The van der Waals surface area contributed by atoms with Crippen molar-refractivity contribution in [2.45, 2.75) is 39.7 Å². The van der Waals surface area contributed by atoms with Crippen LogP contribution in [0.1, 0.15) is 44.8 Å². The smallest absolute Gasteiger partial charge is 0.208 e. The van der Waals surface area contributed by atoms with E-state index in [4.69, 9.17) is 4.42 Å². The van der Waals surface area contributed by atoms with Crippen LogP contribution in [0.5, 0.6) is 0 Å². The molecule has 1 fully saturated rings. The average Bonchev–Trinajstić information content (AvgIpc) is 2.73. The first-order valence-electron chi connectivity index (χ1n) is 5.82. The van der Waals surface area contributed by atoms with Gasteiger partial charge in [-0.05, 0) is 24.8 Å². The highest BCUT2D eigenvalue weighted by molar-refractivity contribution is 5.11. The quantitative estimate of drug-likeness (QED) is 0.808. The van der Waals surface area contributed by atoms with E-state index in [0.29, 0.717) is 11.8 Å². The maximum atomic E-state index is 5.69. The highest BCUT2D eigenvalue weighted by Crippen LogP contribution is 2.46. The highest BCUT2D eigenvalue weighted by atomic mass is 16.4. The Morgan fingerprint density at radius 1 is 1.60 bits per heavy atom. The van der Waals surface area contributed by atoms with Gasteiger partial charge in [0.1, 0.15) is 5.76 Å². The molecule has 0 aliphatic heterocycles. The van der Waals surface area contributed by atoms with E-state index in [0.717, 1.165) is 30.7 Å². The van der Waals surface area contributed by atoms with Crippen molar-refractivity contribution in [1.82, 2.24) is 10.3 Å². The van der Waals surface area contributed by atoms with Gasteiger partial charge in [0, 0.05) is 5.92 Å². The molecule has 1 aliphatic rings. The molecule has 2 atom stereocenters. The first kappa shape index (κ1) is 10.7. The van der Waals surface area contributed by atoms with Gasteiger partial charge < -0.3 is 9.73 Å². The molecule has 3 nitrogen and oxygen atoms in total. The predicted molar refractivity (Wildman–Crippen MR) is 59.6 cm³/mol. The van der Waals surface area contributed by atoms with Crippen LogP contribution in [0.3, 0.4) is 0 Å². The van der Waals surface area contributed by atoms with Crippen LogP contribution < -0.4 is 5.32 Å². The number of hydrogen-bond donors (Lipinski definition) is 1. The Kier molecular flexibility index (Phi) is 3.10. The van der Waals surface area contributed by atoms with Crippen molar-refractivity contribution in [2.75, 3.05) is 6.54 Å². The zero-order valence-electron chi connectivity index (χ0n) is 9.79. The van der Waals surface area contributed by atoms with E-state index in [2.05, 4.69) is 31.1 Å². The summed E-state index contributed by atoms with van der Waals surface area (Å²) in [6.07, 6.45) is 3.15. The minimum Gasteiger partial charge on any atom is -0.444 e. The number of hydrogen-bond acceptors (Lipinski definition) is 3. The monoisotopic (exact) mass is 208 g/mol. The molecule has 2 rings (SSSR count). The van der Waals surface area contributed by atoms with Crippen molar-refractivity contribution in [2.24, 2.45) is 11.8 Å². The summed E-state index contributed by atoms with van der Waals surface area (Å²) < 4.78 is 5.69. The predicted octanol–water partition coefficient (Wildman–Crippen LogP) is 2.54. The van der Waals surface area contributed by atoms with Gasteiger partial charge in [0.2, 0.25) is 5.89 Å². The van der Waals surface area contributed by atoms with Crippen LogP contribution in [-0.4, -0.2) is 11.5 Å². The minimum atomic E-state index is 0.636. The molecule has 2 unspecified atom stereocenters. The largest absolute Gasteiger partial charge is 0.444 e. The van der Waals surface area contributed by atoms with Crippen LogP contribution in [-0.2, 0) is 6.54 Å². The van der Waals surface area contributed by atoms with E-state index in [1.165, 1.54) is 6.42 Å². The summed E-state index contributed by atoms with van der Waals surface area (Å²) in [7, 11) is 0. The summed E-state index contributed by atoms with van der Waals surface area (Å²) in [5.41, 5.74) is 0. The molecule has 1 N–H and O–H groups in total. The zero-order valence-corrected chi connectivity index (χ0v) is 9.79. The van der Waals surface area contributed by atoms with Crippen molar-refractivity contribution in [1.29, 1.82) is 0 Å². The van der Waals surface area contributed by atoms with Crippen LogP contribution in [0.2, 0.25) is 0 Å². The summed E-state index contributed by atoms with van der Waals surface area (Å²) in [4.78, 5) is 4.28. The fourth-order valence-electron chi connectivity index (χ4n) is 1.76. The second-order valence-electron chi connectivity index (χ2n) is 5.00. The van der Waals surface area contributed by atoms with Gasteiger partial charge in [-0.25, -0.2) is 4.98 Å². The molecule has 15 heavy (non-hydrogen) atoms. The topological polar surface area (TPSA) is 38.1 Å². The number of rotatable bonds is 5. The fraction of sp³-hybridized carbons (Fsp3) is 0.750. The van der Waals surface area contributed by atoms with E-state index in [-0.39, 0.29) is 0 Å². The summed E-state index contributed by atoms with van der Waals surface area (Å²) in [6, 6.07) is 0. The Bertz CT molecular complexity index is 319. The Morgan fingerprint density at radius 3 is 2.93 bits per heavy atom. The van der Waals surface area contributed by atoms with Crippen molar-refractivity contribution < 1.29 is 4.42 Å². The van der Waals surface area contributed by atoms with Crippen LogP contribution >= 0.6 is 0 Å². The lowest BCUT2D eigenvalue weighted by molar-refractivity contribution is 0.424. The standard InChI is InChI=1S/C12H20N2O/c1-8(2)5-13-7-12-14-6-11(15-12)10-4-9(10)3/h6,8-10,13H,4-5,7H2,1-3H3. The van der Waals surface area contributed by atoms with E-state index in [9.17, 15) is 0 Å². The maximum Gasteiger partial charge on any atom is 0.208 e. The highest BCUT2D eigenvalue weighted by Gasteiger charge is 2.37. The van der Waals surface area contributed by atoms with Crippen molar-refractivity contribution >= 4 is 0 Å². The lowest BCUT2D eigenvalue weighted by Gasteiger charge is -2.04. The third-order valence-corrected chi connectivity index (χ3v) is 2.88. The van der Waals surface area contributed by atoms with Gasteiger partial charge in [-0.1, -0.05) is 20.8 Å². The van der Waals surface area contributed by atoms with Gasteiger partial charge in [-0.15, -0.1) is 0 Å². The van der Waals surface area contributed by atoms with Gasteiger partial charge in [0.05, 0.1) is 12.7 Å². The molecule has 1 aromatic heterocycles. The molecule has 1 aliphatic carbocycles. The van der Waals surface area contributed by atoms with E-state index >= 15 is 0 Å². The fourth-order valence-corrected chi connectivity index (χ4v) is 1.76. The van der Waals surface area contributed by atoms with Crippen LogP contribution in [0.4, 0.5) is 0 Å². The summed E-state index contributed by atoms with van der Waals surface area (Å²) in [5.74, 6) is 3.99. The Labute approximate surface area is 91.3 Å². The summed E-state index contributed by atoms with van der Waals surface area (Å²) in [6.45, 7) is 8.40. The van der Waals surface area contributed by atoms with E-state index in [1.807, 2.05) is 6.20 Å². The average molecular weight is 208 g/mol. The van der Waals surface area contributed by atoms with E-state index < -0.39 is 0 Å². The van der Waals surface area contributed by atoms with Gasteiger partial charge in [-0.3, -0.25) is 0 Å². The van der Waals surface area contributed by atoms with Crippen LogP contribution in [0.15, 0.2) is 10.6 Å². The molecule has 1 saturated carbocycles. The molecule has 1 aromatic rings. The number of nitrogens with zero attached hydrogens (tertiary/aromatic N) is 1. The minimum absolute atomic E-state index is 0.636. The molecule has 0 bridgehead atoms. The first-order chi connectivity index (χ1) is 7.16. The van der Waals surface area contributed by atoms with E-state index in [1.54, 1.807) is 0 Å². The lowest BCUT2D eigenvalue weighted by atomic mass is 10.2. The van der Waals surface area contributed by atoms with Crippen LogP contribution in [0, 0.1) is 11.8 Å². The maximum absolute atomic E-state index is 5.69. The third-order valence-electron chi connectivity index (χ3n) is 2.88. The van der Waals surface area contributed by atoms with Crippen molar-refractivity contribution in [3.63, 3.8) is 0 Å². The lowest BCUT2D eigenvalue weighted by Crippen LogP contribution is -2.19. The molecular formula is C12H20N2O.